The number of nitrogens with one attached hydrogen (secondary N) is 1. The fraction of sp³-hybridized carbons (Fsp3) is 0.579. The summed E-state index contributed by atoms with van der Waals surface area (Å²) in [6, 6.07) is 10.9. The van der Waals surface area contributed by atoms with Gasteiger partial charge < -0.3 is 0 Å². The standard InChI is InChI=1S/C19H31NO/c1-4-7-9-16-18(12-5-2)20-21-19(13-6-3)17-14-10-8-11-15-17/h4,8,10-11,14-15,18-20H,1,5-7,9,12-13,16H2,2-3H3/t18-,19-/m0/s1. The summed E-state index contributed by atoms with van der Waals surface area (Å²) in [6.07, 6.45) is 10.0. The van der Waals surface area contributed by atoms with E-state index in [9.17, 15) is 0 Å². The third-order valence-electron chi connectivity index (χ3n) is 3.70. The van der Waals surface area contributed by atoms with E-state index in [1.54, 1.807) is 0 Å². The minimum Gasteiger partial charge on any atom is -0.293 e. The van der Waals surface area contributed by atoms with Crippen LogP contribution in [-0.4, -0.2) is 6.04 Å². The Balaban J connectivity index is 2.50. The van der Waals surface area contributed by atoms with Crippen LogP contribution in [0, 0.1) is 0 Å². The molecule has 1 aromatic carbocycles. The topological polar surface area (TPSA) is 21.3 Å². The molecule has 1 N–H and O–H groups in total. The van der Waals surface area contributed by atoms with Gasteiger partial charge in [0.2, 0.25) is 0 Å². The molecule has 21 heavy (non-hydrogen) atoms. The number of hydroxylamine groups is 1. The van der Waals surface area contributed by atoms with Gasteiger partial charge in [-0.1, -0.05) is 63.1 Å². The van der Waals surface area contributed by atoms with E-state index in [0.717, 1.165) is 32.1 Å². The lowest BCUT2D eigenvalue weighted by atomic mass is 10.0. The van der Waals surface area contributed by atoms with Crippen molar-refractivity contribution in [3.8, 4) is 0 Å². The lowest BCUT2D eigenvalue weighted by Crippen LogP contribution is -2.30. The van der Waals surface area contributed by atoms with Crippen LogP contribution in [0.3, 0.4) is 0 Å². The summed E-state index contributed by atoms with van der Waals surface area (Å²) in [5, 5.41) is 0. The molecule has 0 amide bonds. The lowest BCUT2D eigenvalue weighted by molar-refractivity contribution is -0.0529. The predicted molar refractivity (Wildman–Crippen MR) is 91.1 cm³/mol. The first-order valence-electron chi connectivity index (χ1n) is 8.38. The zero-order valence-corrected chi connectivity index (χ0v) is 13.7. The van der Waals surface area contributed by atoms with E-state index < -0.39 is 0 Å². The van der Waals surface area contributed by atoms with Gasteiger partial charge in [0.05, 0.1) is 0 Å². The molecule has 2 nitrogen and oxygen atoms in total. The van der Waals surface area contributed by atoms with Crippen molar-refractivity contribution in [1.82, 2.24) is 5.48 Å². The minimum atomic E-state index is 0.148. The van der Waals surface area contributed by atoms with Crippen LogP contribution in [0.25, 0.3) is 0 Å². The summed E-state index contributed by atoms with van der Waals surface area (Å²) < 4.78 is 0. The van der Waals surface area contributed by atoms with Crippen molar-refractivity contribution in [2.24, 2.45) is 0 Å². The Kier molecular flexibility index (Phi) is 9.84. The molecule has 0 saturated heterocycles. The average molecular weight is 289 g/mol. The van der Waals surface area contributed by atoms with Crippen LogP contribution in [0.4, 0.5) is 0 Å². The van der Waals surface area contributed by atoms with E-state index in [1.165, 1.54) is 18.4 Å². The van der Waals surface area contributed by atoms with Crippen molar-refractivity contribution in [1.29, 1.82) is 0 Å². The molecule has 0 fully saturated rings. The molecule has 0 spiro atoms. The fourth-order valence-corrected chi connectivity index (χ4v) is 2.52. The normalized spacial score (nSPS) is 13.8. The van der Waals surface area contributed by atoms with Crippen LogP contribution in [-0.2, 0) is 4.84 Å². The molecule has 0 heterocycles. The van der Waals surface area contributed by atoms with Crippen LogP contribution in [0.5, 0.6) is 0 Å². The van der Waals surface area contributed by atoms with E-state index in [0.29, 0.717) is 6.04 Å². The Bertz CT molecular complexity index is 363. The van der Waals surface area contributed by atoms with Crippen LogP contribution < -0.4 is 5.48 Å². The van der Waals surface area contributed by atoms with Gasteiger partial charge in [-0.05, 0) is 37.7 Å². The minimum absolute atomic E-state index is 0.148. The number of allylic oxidation sites excluding steroid dienone is 1. The SMILES string of the molecule is C=CCCC[C@H](CCC)NO[C@@H](CCC)c1ccccc1. The second kappa shape index (κ2) is 11.5. The monoisotopic (exact) mass is 289 g/mol. The van der Waals surface area contributed by atoms with Crippen molar-refractivity contribution in [2.75, 3.05) is 0 Å². The zero-order valence-electron chi connectivity index (χ0n) is 13.7. The van der Waals surface area contributed by atoms with E-state index in [-0.39, 0.29) is 6.10 Å². The summed E-state index contributed by atoms with van der Waals surface area (Å²) in [5.74, 6) is 0. The second-order valence-corrected chi connectivity index (χ2v) is 5.63. The number of hydrogen-bond donors (Lipinski definition) is 1. The van der Waals surface area contributed by atoms with Crippen molar-refractivity contribution >= 4 is 0 Å². The zero-order chi connectivity index (χ0) is 15.3. The largest absolute Gasteiger partial charge is 0.293 e. The quantitative estimate of drug-likeness (QED) is 0.308. The summed E-state index contributed by atoms with van der Waals surface area (Å²) in [7, 11) is 0. The molecule has 0 unspecified atom stereocenters. The maximum Gasteiger partial charge on any atom is 0.104 e. The first-order chi connectivity index (χ1) is 10.3. The van der Waals surface area contributed by atoms with Gasteiger partial charge in [-0.25, -0.2) is 0 Å². The smallest absolute Gasteiger partial charge is 0.104 e. The Morgan fingerprint density at radius 1 is 1.10 bits per heavy atom. The Morgan fingerprint density at radius 3 is 2.43 bits per heavy atom. The van der Waals surface area contributed by atoms with Crippen molar-refractivity contribution in [3.63, 3.8) is 0 Å². The summed E-state index contributed by atoms with van der Waals surface area (Å²) in [4.78, 5) is 6.04. The second-order valence-electron chi connectivity index (χ2n) is 5.63. The maximum absolute atomic E-state index is 6.04. The molecule has 0 aromatic heterocycles. The van der Waals surface area contributed by atoms with Gasteiger partial charge in [0.1, 0.15) is 6.10 Å². The Hall–Kier alpha value is -1.12. The van der Waals surface area contributed by atoms with Crippen molar-refractivity contribution in [3.05, 3.63) is 48.6 Å². The highest BCUT2D eigenvalue weighted by Gasteiger charge is 2.14. The lowest BCUT2D eigenvalue weighted by Gasteiger charge is -2.23. The number of benzene rings is 1. The van der Waals surface area contributed by atoms with Crippen LogP contribution in [0.15, 0.2) is 43.0 Å². The Morgan fingerprint density at radius 2 is 1.81 bits per heavy atom. The first kappa shape index (κ1) is 17.9. The molecule has 0 aliphatic rings. The molecule has 0 saturated carbocycles. The van der Waals surface area contributed by atoms with Crippen LogP contribution in [0.1, 0.15) is 70.5 Å². The van der Waals surface area contributed by atoms with Crippen molar-refractivity contribution < 1.29 is 4.84 Å². The summed E-state index contributed by atoms with van der Waals surface area (Å²) in [5.41, 5.74) is 4.59. The molecule has 2 atom stereocenters. The van der Waals surface area contributed by atoms with Gasteiger partial charge in [0, 0.05) is 6.04 Å². The van der Waals surface area contributed by atoms with E-state index >= 15 is 0 Å². The van der Waals surface area contributed by atoms with Gasteiger partial charge >= 0.3 is 0 Å². The fourth-order valence-electron chi connectivity index (χ4n) is 2.52. The number of unbranched alkanes of at least 4 members (excludes halogenated alkanes) is 1. The van der Waals surface area contributed by atoms with E-state index in [4.69, 9.17) is 4.84 Å². The molecule has 0 aliphatic heterocycles. The Labute approximate surface area is 130 Å². The third-order valence-corrected chi connectivity index (χ3v) is 3.70. The van der Waals surface area contributed by atoms with E-state index in [2.05, 4.69) is 56.2 Å². The number of hydrogen-bond acceptors (Lipinski definition) is 2. The summed E-state index contributed by atoms with van der Waals surface area (Å²) in [6.45, 7) is 8.22. The molecule has 2 heteroatoms. The molecule has 1 aromatic rings. The van der Waals surface area contributed by atoms with Gasteiger partial charge in [0.15, 0.2) is 0 Å². The predicted octanol–water partition coefficient (Wildman–Crippen LogP) is 5.57. The summed E-state index contributed by atoms with van der Waals surface area (Å²) >= 11 is 0. The van der Waals surface area contributed by atoms with Crippen molar-refractivity contribution in [2.45, 2.75) is 70.9 Å². The van der Waals surface area contributed by atoms with Gasteiger partial charge in [-0.3, -0.25) is 4.84 Å². The average Bonchev–Trinajstić information content (AvgIpc) is 2.52. The first-order valence-corrected chi connectivity index (χ1v) is 8.38. The van der Waals surface area contributed by atoms with Crippen LogP contribution >= 0.6 is 0 Å². The van der Waals surface area contributed by atoms with E-state index in [1.807, 2.05) is 6.08 Å². The molecule has 118 valence electrons. The third kappa shape index (κ3) is 7.45. The van der Waals surface area contributed by atoms with Gasteiger partial charge in [0.25, 0.3) is 0 Å². The molecular formula is C19H31NO. The maximum atomic E-state index is 6.04. The molecule has 0 aliphatic carbocycles. The highest BCUT2D eigenvalue weighted by atomic mass is 16.7. The number of rotatable bonds is 12. The molecule has 0 bridgehead atoms. The van der Waals surface area contributed by atoms with Crippen LogP contribution in [0.2, 0.25) is 0 Å². The van der Waals surface area contributed by atoms with Gasteiger partial charge in [-0.15, -0.1) is 6.58 Å². The molecule has 1 rings (SSSR count). The highest BCUT2D eigenvalue weighted by molar-refractivity contribution is 5.17. The van der Waals surface area contributed by atoms with Gasteiger partial charge in [-0.2, -0.15) is 5.48 Å². The molecular weight excluding hydrogens is 258 g/mol. The highest BCUT2D eigenvalue weighted by Crippen LogP contribution is 2.22. The molecule has 0 radical (unpaired) electrons.